The highest BCUT2D eigenvalue weighted by Gasteiger charge is 2.24. The predicted molar refractivity (Wildman–Crippen MR) is 119 cm³/mol. The zero-order valence-corrected chi connectivity index (χ0v) is 17.5. The largest absolute Gasteiger partial charge is 0.368 e. The van der Waals surface area contributed by atoms with Gasteiger partial charge in [0, 0.05) is 29.9 Å². The third kappa shape index (κ3) is 6.76. The van der Waals surface area contributed by atoms with E-state index in [1.807, 2.05) is 59.5 Å². The molecule has 1 saturated heterocycles. The van der Waals surface area contributed by atoms with Crippen molar-refractivity contribution in [2.24, 2.45) is 11.7 Å². The first-order valence-corrected chi connectivity index (χ1v) is 9.73. The second-order valence-electron chi connectivity index (χ2n) is 7.42. The van der Waals surface area contributed by atoms with Crippen molar-refractivity contribution in [2.75, 3.05) is 23.3 Å². The van der Waals surface area contributed by atoms with E-state index in [1.54, 1.807) is 0 Å². The number of benzene rings is 2. The number of carbonyl (C=O) groups excluding carboxylic acids is 2. The molecule has 2 amide bonds. The summed E-state index contributed by atoms with van der Waals surface area (Å²) < 4.78 is 0. The first-order chi connectivity index (χ1) is 13.5. The normalized spacial score (nSPS) is 18.4. The molecule has 0 saturated carbocycles. The molecule has 2 atom stereocenters. The van der Waals surface area contributed by atoms with Crippen LogP contribution in [-0.2, 0) is 16.1 Å². The van der Waals surface area contributed by atoms with E-state index in [0.29, 0.717) is 12.6 Å². The predicted octanol–water partition coefficient (Wildman–Crippen LogP) is 2.93. The Morgan fingerprint density at radius 3 is 2.62 bits per heavy atom. The van der Waals surface area contributed by atoms with Crippen molar-refractivity contribution in [1.82, 2.24) is 5.32 Å². The minimum Gasteiger partial charge on any atom is -0.368 e. The van der Waals surface area contributed by atoms with Gasteiger partial charge in [-0.3, -0.25) is 9.59 Å². The molecule has 1 aliphatic rings. The van der Waals surface area contributed by atoms with E-state index in [9.17, 15) is 9.59 Å². The van der Waals surface area contributed by atoms with Gasteiger partial charge in [0.05, 0.1) is 6.54 Å². The van der Waals surface area contributed by atoms with Crippen LogP contribution in [-0.4, -0.2) is 30.9 Å². The number of halogens is 1. The van der Waals surface area contributed by atoms with E-state index in [-0.39, 0.29) is 30.8 Å². The summed E-state index contributed by atoms with van der Waals surface area (Å²) in [5, 5.41) is 6.40. The summed E-state index contributed by atoms with van der Waals surface area (Å²) in [6, 6.07) is 17.8. The SMILES string of the molecule is C[C@H]1C[C@@H](C(=O)Nc2cccc(N(CC(N)=O)Cc3ccccc3)c2)CCN1.Cl. The zero-order valence-electron chi connectivity index (χ0n) is 16.6. The molecule has 3 rings (SSSR count). The Labute approximate surface area is 178 Å². The molecular weight excluding hydrogens is 388 g/mol. The summed E-state index contributed by atoms with van der Waals surface area (Å²) in [5.41, 5.74) is 8.12. The zero-order chi connectivity index (χ0) is 19.9. The number of anilines is 2. The molecule has 7 heteroatoms. The van der Waals surface area contributed by atoms with Crippen LogP contribution in [0.5, 0.6) is 0 Å². The van der Waals surface area contributed by atoms with Crippen LogP contribution in [0.3, 0.4) is 0 Å². The molecule has 4 N–H and O–H groups in total. The molecule has 156 valence electrons. The topological polar surface area (TPSA) is 87.5 Å². The van der Waals surface area contributed by atoms with Crippen LogP contribution in [0.4, 0.5) is 11.4 Å². The second-order valence-corrected chi connectivity index (χ2v) is 7.42. The quantitative estimate of drug-likeness (QED) is 0.647. The van der Waals surface area contributed by atoms with Gasteiger partial charge >= 0.3 is 0 Å². The molecule has 1 aliphatic heterocycles. The maximum Gasteiger partial charge on any atom is 0.236 e. The van der Waals surface area contributed by atoms with E-state index in [2.05, 4.69) is 17.6 Å². The molecule has 1 fully saturated rings. The Kier molecular flexibility index (Phi) is 8.49. The lowest BCUT2D eigenvalue weighted by Gasteiger charge is -2.27. The fourth-order valence-corrected chi connectivity index (χ4v) is 3.63. The van der Waals surface area contributed by atoms with Gasteiger partial charge < -0.3 is 21.3 Å². The van der Waals surface area contributed by atoms with Gasteiger partial charge in [0.2, 0.25) is 11.8 Å². The lowest BCUT2D eigenvalue weighted by atomic mass is 9.92. The number of nitrogens with two attached hydrogens (primary N) is 1. The Hall–Kier alpha value is -2.57. The average Bonchev–Trinajstić information content (AvgIpc) is 2.68. The molecule has 6 nitrogen and oxygen atoms in total. The minimum atomic E-state index is -0.394. The van der Waals surface area contributed by atoms with Gasteiger partial charge in [0.15, 0.2) is 0 Å². The van der Waals surface area contributed by atoms with Crippen molar-refractivity contribution >= 4 is 35.6 Å². The van der Waals surface area contributed by atoms with E-state index in [0.717, 1.165) is 36.3 Å². The lowest BCUT2D eigenvalue weighted by Crippen LogP contribution is -2.40. The van der Waals surface area contributed by atoms with Crippen molar-refractivity contribution in [3.8, 4) is 0 Å². The molecule has 0 aliphatic carbocycles. The Morgan fingerprint density at radius 2 is 1.93 bits per heavy atom. The smallest absolute Gasteiger partial charge is 0.236 e. The monoisotopic (exact) mass is 416 g/mol. The molecule has 0 aromatic heterocycles. The van der Waals surface area contributed by atoms with Gasteiger partial charge in [-0.2, -0.15) is 0 Å². The van der Waals surface area contributed by atoms with Gasteiger partial charge in [0.1, 0.15) is 0 Å². The number of nitrogens with zero attached hydrogens (tertiary/aromatic N) is 1. The second kappa shape index (κ2) is 10.8. The number of piperidine rings is 1. The van der Waals surface area contributed by atoms with Gasteiger partial charge in [-0.1, -0.05) is 36.4 Å². The highest BCUT2D eigenvalue weighted by atomic mass is 35.5. The Bertz CT molecular complexity index is 815. The highest BCUT2D eigenvalue weighted by Crippen LogP contribution is 2.23. The molecule has 1 heterocycles. The third-order valence-electron chi connectivity index (χ3n) is 5.04. The number of carbonyl (C=O) groups is 2. The van der Waals surface area contributed by atoms with Crippen molar-refractivity contribution in [3.63, 3.8) is 0 Å². The summed E-state index contributed by atoms with van der Waals surface area (Å²) in [5.74, 6) is -0.324. The average molecular weight is 417 g/mol. The van der Waals surface area contributed by atoms with Crippen LogP contribution in [0.15, 0.2) is 54.6 Å². The van der Waals surface area contributed by atoms with Gasteiger partial charge in [-0.15, -0.1) is 12.4 Å². The van der Waals surface area contributed by atoms with Crippen molar-refractivity contribution in [2.45, 2.75) is 32.4 Å². The van der Waals surface area contributed by atoms with Gasteiger partial charge in [-0.25, -0.2) is 0 Å². The van der Waals surface area contributed by atoms with E-state index < -0.39 is 5.91 Å². The molecule has 0 radical (unpaired) electrons. The van der Waals surface area contributed by atoms with Crippen LogP contribution in [0.25, 0.3) is 0 Å². The number of rotatable bonds is 7. The van der Waals surface area contributed by atoms with E-state index in [1.165, 1.54) is 0 Å². The molecule has 0 unspecified atom stereocenters. The maximum absolute atomic E-state index is 12.6. The molecule has 29 heavy (non-hydrogen) atoms. The molecular formula is C22H29ClN4O2. The first kappa shape index (κ1) is 22.7. The van der Waals surface area contributed by atoms with Crippen LogP contribution in [0, 0.1) is 5.92 Å². The number of hydrogen-bond acceptors (Lipinski definition) is 4. The van der Waals surface area contributed by atoms with Crippen LogP contribution in [0.2, 0.25) is 0 Å². The fraction of sp³-hybridized carbons (Fsp3) is 0.364. The van der Waals surface area contributed by atoms with Crippen LogP contribution >= 0.6 is 12.4 Å². The number of amides is 2. The number of hydrogen-bond donors (Lipinski definition) is 3. The van der Waals surface area contributed by atoms with Crippen molar-refractivity contribution in [3.05, 3.63) is 60.2 Å². The summed E-state index contributed by atoms with van der Waals surface area (Å²) >= 11 is 0. The summed E-state index contributed by atoms with van der Waals surface area (Å²) in [6.45, 7) is 3.64. The van der Waals surface area contributed by atoms with Crippen molar-refractivity contribution in [1.29, 1.82) is 0 Å². The summed E-state index contributed by atoms with van der Waals surface area (Å²) in [7, 11) is 0. The molecule has 0 spiro atoms. The number of primary amides is 1. The highest BCUT2D eigenvalue weighted by molar-refractivity contribution is 5.93. The van der Waals surface area contributed by atoms with Crippen LogP contribution in [0.1, 0.15) is 25.3 Å². The van der Waals surface area contributed by atoms with E-state index in [4.69, 9.17) is 5.73 Å². The van der Waals surface area contributed by atoms with Crippen molar-refractivity contribution < 1.29 is 9.59 Å². The summed E-state index contributed by atoms with van der Waals surface area (Å²) in [4.78, 5) is 26.1. The van der Waals surface area contributed by atoms with Gasteiger partial charge in [-0.05, 0) is 50.1 Å². The molecule has 0 bridgehead atoms. The standard InChI is InChI=1S/C22H28N4O2.ClH/c1-16-12-18(10-11-24-16)22(28)25-19-8-5-9-20(13-19)26(15-21(23)27)14-17-6-3-2-4-7-17;/h2-9,13,16,18,24H,10-12,14-15H2,1H3,(H2,23,27)(H,25,28);1H/t16-,18-;/m0./s1. The maximum atomic E-state index is 12.6. The van der Waals surface area contributed by atoms with E-state index >= 15 is 0 Å². The Balaban J connectivity index is 0.00000300. The number of nitrogens with one attached hydrogen (secondary N) is 2. The molecule has 2 aromatic carbocycles. The lowest BCUT2D eigenvalue weighted by molar-refractivity contribution is -0.121. The summed E-state index contributed by atoms with van der Waals surface area (Å²) in [6.07, 6.45) is 1.69. The van der Waals surface area contributed by atoms with Gasteiger partial charge in [0.25, 0.3) is 0 Å². The molecule has 2 aromatic rings. The minimum absolute atomic E-state index is 0. The Morgan fingerprint density at radius 1 is 1.17 bits per heavy atom. The third-order valence-corrected chi connectivity index (χ3v) is 5.04. The fourth-order valence-electron chi connectivity index (χ4n) is 3.63. The first-order valence-electron chi connectivity index (χ1n) is 9.73. The van der Waals surface area contributed by atoms with Crippen LogP contribution < -0.4 is 21.3 Å².